The van der Waals surface area contributed by atoms with Gasteiger partial charge in [0.15, 0.2) is 0 Å². The number of carbonyl (C=O) groups excluding carboxylic acids is 3. The predicted molar refractivity (Wildman–Crippen MR) is 162 cm³/mol. The largest absolute Gasteiger partial charge is 0.461 e. The van der Waals surface area contributed by atoms with Crippen LogP contribution in [0.2, 0.25) is 0 Å². The zero-order valence-electron chi connectivity index (χ0n) is 24.4. The first-order valence-corrected chi connectivity index (χ1v) is 14.8. The molecular weight excluding hydrogens is 530 g/mol. The van der Waals surface area contributed by atoms with Crippen LogP contribution in [0.4, 0.5) is 0 Å². The van der Waals surface area contributed by atoms with Crippen LogP contribution in [0.15, 0.2) is 91.0 Å². The van der Waals surface area contributed by atoms with E-state index in [0.29, 0.717) is 44.9 Å². The average molecular weight is 574 g/mol. The molecule has 42 heavy (non-hydrogen) atoms. The van der Waals surface area contributed by atoms with Gasteiger partial charge < -0.3 is 19.9 Å². The van der Waals surface area contributed by atoms with Crippen molar-refractivity contribution in [2.75, 3.05) is 0 Å². The molecule has 2 N–H and O–H groups in total. The molecule has 0 saturated heterocycles. The van der Waals surface area contributed by atoms with Crippen LogP contribution in [0.25, 0.3) is 0 Å². The summed E-state index contributed by atoms with van der Waals surface area (Å²) in [7, 11) is 0. The second kappa shape index (κ2) is 18.5. The van der Waals surface area contributed by atoms with Gasteiger partial charge in [0.2, 0.25) is 0 Å². The molecule has 3 aromatic rings. The quantitative estimate of drug-likeness (QED) is 0.0953. The number of nitrogens with two attached hydrogens (primary N) is 1. The lowest BCUT2D eigenvalue weighted by molar-refractivity contribution is -0.146. The minimum absolute atomic E-state index is 0.233. The molecule has 3 rings (SSSR count). The van der Waals surface area contributed by atoms with E-state index in [1.54, 1.807) is 0 Å². The first-order chi connectivity index (χ1) is 20.4. The summed E-state index contributed by atoms with van der Waals surface area (Å²) in [5, 5.41) is 0. The first kappa shape index (κ1) is 32.5. The number of esters is 3. The van der Waals surface area contributed by atoms with E-state index < -0.39 is 5.54 Å². The van der Waals surface area contributed by atoms with Crippen LogP contribution in [0.1, 0.15) is 80.9 Å². The maximum Gasteiger partial charge on any atom is 0.306 e. The lowest BCUT2D eigenvalue weighted by Crippen LogP contribution is -2.40. The minimum Gasteiger partial charge on any atom is -0.461 e. The third-order valence-corrected chi connectivity index (χ3v) is 7.14. The van der Waals surface area contributed by atoms with E-state index in [2.05, 4.69) is 0 Å². The monoisotopic (exact) mass is 573 g/mol. The molecule has 0 unspecified atom stereocenters. The highest BCUT2D eigenvalue weighted by molar-refractivity contribution is 5.70. The van der Waals surface area contributed by atoms with Crippen molar-refractivity contribution in [3.8, 4) is 0 Å². The van der Waals surface area contributed by atoms with Gasteiger partial charge in [0.1, 0.15) is 19.8 Å². The van der Waals surface area contributed by atoms with Gasteiger partial charge in [0.05, 0.1) is 0 Å². The summed E-state index contributed by atoms with van der Waals surface area (Å²) in [5.41, 5.74) is 9.11. The molecule has 0 atom stereocenters. The Labute approximate surface area is 249 Å². The Balaban J connectivity index is 1.41. The predicted octanol–water partition coefficient (Wildman–Crippen LogP) is 6.82. The van der Waals surface area contributed by atoms with Crippen LogP contribution in [0.5, 0.6) is 0 Å². The van der Waals surface area contributed by atoms with E-state index in [4.69, 9.17) is 19.9 Å². The Hall–Kier alpha value is -3.97. The fourth-order valence-electron chi connectivity index (χ4n) is 4.72. The minimum atomic E-state index is -0.562. The van der Waals surface area contributed by atoms with Gasteiger partial charge >= 0.3 is 17.9 Å². The van der Waals surface area contributed by atoms with Gasteiger partial charge in [-0.05, 0) is 55.2 Å². The van der Waals surface area contributed by atoms with Gasteiger partial charge in [0, 0.05) is 24.8 Å². The smallest absolute Gasteiger partial charge is 0.306 e. The SMILES string of the molecule is NC(CCCCC(=O)OCc1ccccc1)(CCCC(=O)OCc1ccccc1)CCCC(=O)OCc1ccccc1. The highest BCUT2D eigenvalue weighted by Crippen LogP contribution is 2.26. The number of carbonyl (C=O) groups is 3. The average Bonchev–Trinajstić information content (AvgIpc) is 3.02. The Morgan fingerprint density at radius 3 is 1.14 bits per heavy atom. The summed E-state index contributed by atoms with van der Waals surface area (Å²) in [6, 6.07) is 28.7. The molecule has 7 nitrogen and oxygen atoms in total. The Kier molecular flexibility index (Phi) is 14.3. The normalized spacial score (nSPS) is 11.1. The topological polar surface area (TPSA) is 105 Å². The van der Waals surface area contributed by atoms with E-state index in [-0.39, 0.29) is 50.6 Å². The van der Waals surface area contributed by atoms with Crippen molar-refractivity contribution in [3.63, 3.8) is 0 Å². The van der Waals surface area contributed by atoms with Gasteiger partial charge in [-0.15, -0.1) is 0 Å². The zero-order valence-corrected chi connectivity index (χ0v) is 24.4. The molecule has 0 radical (unpaired) electrons. The number of ether oxygens (including phenoxy) is 3. The van der Waals surface area contributed by atoms with Crippen LogP contribution in [-0.4, -0.2) is 23.4 Å². The molecule has 7 heteroatoms. The second-order valence-electron chi connectivity index (χ2n) is 10.7. The van der Waals surface area contributed by atoms with Crippen molar-refractivity contribution < 1.29 is 28.6 Å². The fraction of sp³-hybridized carbons (Fsp3) is 0.400. The van der Waals surface area contributed by atoms with Crippen molar-refractivity contribution in [2.24, 2.45) is 5.73 Å². The maximum absolute atomic E-state index is 12.3. The number of hydrogen-bond acceptors (Lipinski definition) is 7. The van der Waals surface area contributed by atoms with E-state index in [1.807, 2.05) is 91.0 Å². The van der Waals surface area contributed by atoms with Crippen molar-refractivity contribution in [1.29, 1.82) is 0 Å². The number of hydrogen-bond donors (Lipinski definition) is 1. The number of unbranched alkanes of at least 4 members (excludes halogenated alkanes) is 1. The van der Waals surface area contributed by atoms with Crippen LogP contribution < -0.4 is 5.73 Å². The molecule has 0 heterocycles. The van der Waals surface area contributed by atoms with Crippen molar-refractivity contribution >= 4 is 17.9 Å². The molecule has 0 amide bonds. The molecule has 0 fully saturated rings. The molecule has 0 spiro atoms. The highest BCUT2D eigenvalue weighted by Gasteiger charge is 2.25. The lowest BCUT2D eigenvalue weighted by Gasteiger charge is -2.30. The molecule has 0 aliphatic rings. The standard InChI is InChI=1S/C35H43NO6/c36-35(24-12-21-33(38)41-27-30-16-6-2-7-17-30,25-13-22-34(39)42-28-31-18-8-3-9-19-31)23-11-10-20-32(37)40-26-29-14-4-1-5-15-29/h1-9,14-19H,10-13,20-28,36H2. The number of rotatable bonds is 19. The van der Waals surface area contributed by atoms with Gasteiger partial charge in [-0.1, -0.05) is 97.4 Å². The third-order valence-electron chi connectivity index (χ3n) is 7.14. The molecular formula is C35H43NO6. The molecule has 224 valence electrons. The van der Waals surface area contributed by atoms with Gasteiger partial charge in [-0.3, -0.25) is 14.4 Å². The van der Waals surface area contributed by atoms with Gasteiger partial charge in [-0.25, -0.2) is 0 Å². The van der Waals surface area contributed by atoms with E-state index >= 15 is 0 Å². The third kappa shape index (κ3) is 13.6. The molecule has 3 aromatic carbocycles. The summed E-state index contributed by atoms with van der Waals surface area (Å²) in [4.78, 5) is 36.8. The van der Waals surface area contributed by atoms with Crippen LogP contribution in [-0.2, 0) is 48.4 Å². The summed E-state index contributed by atoms with van der Waals surface area (Å²) in [6.07, 6.45) is 5.35. The van der Waals surface area contributed by atoms with E-state index in [9.17, 15) is 14.4 Å². The van der Waals surface area contributed by atoms with Crippen molar-refractivity contribution in [3.05, 3.63) is 108 Å². The summed E-state index contributed by atoms with van der Waals surface area (Å²) >= 11 is 0. The summed E-state index contributed by atoms with van der Waals surface area (Å²) < 4.78 is 16.2. The molecule has 0 aromatic heterocycles. The van der Waals surface area contributed by atoms with E-state index in [1.165, 1.54) is 0 Å². The fourth-order valence-corrected chi connectivity index (χ4v) is 4.72. The summed E-state index contributed by atoms with van der Waals surface area (Å²) in [6.45, 7) is 0.763. The van der Waals surface area contributed by atoms with E-state index in [0.717, 1.165) is 23.1 Å². The van der Waals surface area contributed by atoms with Crippen molar-refractivity contribution in [2.45, 2.75) is 89.6 Å². The van der Waals surface area contributed by atoms with Crippen LogP contribution >= 0.6 is 0 Å². The number of benzene rings is 3. The first-order valence-electron chi connectivity index (χ1n) is 14.8. The molecule has 0 saturated carbocycles. The maximum atomic E-state index is 12.3. The van der Waals surface area contributed by atoms with Gasteiger partial charge in [-0.2, -0.15) is 0 Å². The van der Waals surface area contributed by atoms with Crippen LogP contribution in [0, 0.1) is 0 Å². The highest BCUT2D eigenvalue weighted by atomic mass is 16.5. The Morgan fingerprint density at radius 1 is 0.476 bits per heavy atom. The molecule has 0 aliphatic carbocycles. The Morgan fingerprint density at radius 2 is 0.786 bits per heavy atom. The second-order valence-corrected chi connectivity index (χ2v) is 10.7. The summed E-state index contributed by atoms with van der Waals surface area (Å²) in [5.74, 6) is -0.748. The Bertz CT molecular complexity index is 1140. The van der Waals surface area contributed by atoms with Gasteiger partial charge in [0.25, 0.3) is 0 Å². The molecule has 0 aliphatic heterocycles. The van der Waals surface area contributed by atoms with Crippen LogP contribution in [0.3, 0.4) is 0 Å². The lowest BCUT2D eigenvalue weighted by atomic mass is 9.83. The zero-order chi connectivity index (χ0) is 29.9. The molecule has 0 bridgehead atoms. The van der Waals surface area contributed by atoms with Crippen molar-refractivity contribution in [1.82, 2.24) is 0 Å².